The topological polar surface area (TPSA) is 92.7 Å². The van der Waals surface area contributed by atoms with E-state index in [1.54, 1.807) is 24.3 Å². The molecule has 2 N–H and O–H groups in total. The Kier molecular flexibility index (Phi) is 4.16. The zero-order valence-corrected chi connectivity index (χ0v) is 14.6. The van der Waals surface area contributed by atoms with Crippen molar-refractivity contribution in [1.29, 1.82) is 0 Å². The summed E-state index contributed by atoms with van der Waals surface area (Å²) in [7, 11) is 0. The summed E-state index contributed by atoms with van der Waals surface area (Å²) in [5.41, 5.74) is 1.71. The van der Waals surface area contributed by atoms with Crippen LogP contribution < -0.4 is 10.9 Å². The highest BCUT2D eigenvalue weighted by Crippen LogP contribution is 2.29. The van der Waals surface area contributed by atoms with Gasteiger partial charge in [0.05, 0.1) is 5.56 Å². The van der Waals surface area contributed by atoms with Crippen molar-refractivity contribution in [3.05, 3.63) is 64.5 Å². The van der Waals surface area contributed by atoms with Crippen LogP contribution in [-0.2, 0) is 0 Å². The van der Waals surface area contributed by atoms with E-state index in [1.807, 2.05) is 12.1 Å². The molecule has 6 heteroatoms. The van der Waals surface area contributed by atoms with Crippen LogP contribution >= 0.6 is 0 Å². The maximum atomic E-state index is 12.5. The average Bonchev–Trinajstić information content (AvgIpc) is 3.08. The third-order valence-corrected chi connectivity index (χ3v) is 4.35. The molecule has 4 aromatic rings. The lowest BCUT2D eigenvalue weighted by Crippen LogP contribution is -2.03. The highest BCUT2D eigenvalue weighted by atomic mass is 16.4. The maximum absolute atomic E-state index is 12.5. The second-order valence-electron chi connectivity index (χ2n) is 6.30. The molecule has 0 saturated heterocycles. The Hall–Kier alpha value is -3.54. The standard InChI is InChI=1S/C21H17NO5/c1-2-7-22-15-6-5-12-8-16(21(25)27-18(12)11-15)19-9-13-3-4-14(20(23)24)10-17(13)26-19/h3-6,8-11,22H,2,7H2,1H3,(H,23,24). The quantitative estimate of drug-likeness (QED) is 0.498. The monoisotopic (exact) mass is 363 g/mol. The van der Waals surface area contributed by atoms with Gasteiger partial charge in [-0.25, -0.2) is 9.59 Å². The summed E-state index contributed by atoms with van der Waals surface area (Å²) in [6.07, 6.45) is 0.997. The highest BCUT2D eigenvalue weighted by molar-refractivity contribution is 5.94. The predicted molar refractivity (Wildman–Crippen MR) is 103 cm³/mol. The number of nitrogens with one attached hydrogen (secondary N) is 1. The van der Waals surface area contributed by atoms with Crippen molar-refractivity contribution in [2.24, 2.45) is 0 Å². The van der Waals surface area contributed by atoms with Crippen molar-refractivity contribution >= 4 is 33.6 Å². The summed E-state index contributed by atoms with van der Waals surface area (Å²) in [4.78, 5) is 23.6. The third kappa shape index (κ3) is 3.17. The van der Waals surface area contributed by atoms with Crippen molar-refractivity contribution in [2.45, 2.75) is 13.3 Å². The fourth-order valence-electron chi connectivity index (χ4n) is 2.96. The molecule has 0 bridgehead atoms. The summed E-state index contributed by atoms with van der Waals surface area (Å²) in [5, 5.41) is 13.8. The predicted octanol–water partition coefficient (Wildman–Crippen LogP) is 4.73. The number of fused-ring (bicyclic) bond motifs is 2. The molecule has 2 aromatic heterocycles. The molecule has 0 atom stereocenters. The minimum Gasteiger partial charge on any atom is -0.478 e. The van der Waals surface area contributed by atoms with E-state index in [1.165, 1.54) is 12.1 Å². The van der Waals surface area contributed by atoms with Gasteiger partial charge < -0.3 is 19.3 Å². The van der Waals surface area contributed by atoms with Crippen LogP contribution in [0.5, 0.6) is 0 Å². The van der Waals surface area contributed by atoms with E-state index < -0.39 is 11.6 Å². The van der Waals surface area contributed by atoms with Gasteiger partial charge in [0.15, 0.2) is 0 Å². The summed E-state index contributed by atoms with van der Waals surface area (Å²) >= 11 is 0. The second-order valence-corrected chi connectivity index (χ2v) is 6.30. The molecule has 0 unspecified atom stereocenters. The van der Waals surface area contributed by atoms with Crippen molar-refractivity contribution in [3.63, 3.8) is 0 Å². The van der Waals surface area contributed by atoms with Gasteiger partial charge in [-0.05, 0) is 42.8 Å². The first-order valence-corrected chi connectivity index (χ1v) is 8.64. The summed E-state index contributed by atoms with van der Waals surface area (Å²) in [6.45, 7) is 2.92. The van der Waals surface area contributed by atoms with Gasteiger partial charge in [-0.15, -0.1) is 0 Å². The van der Waals surface area contributed by atoms with Crippen LogP contribution in [0.1, 0.15) is 23.7 Å². The third-order valence-electron chi connectivity index (χ3n) is 4.35. The van der Waals surface area contributed by atoms with Crippen LogP contribution in [0.2, 0.25) is 0 Å². The number of carbonyl (C=O) groups is 1. The smallest absolute Gasteiger partial charge is 0.347 e. The number of hydrogen-bond acceptors (Lipinski definition) is 5. The zero-order valence-electron chi connectivity index (χ0n) is 14.6. The van der Waals surface area contributed by atoms with Gasteiger partial charge >= 0.3 is 11.6 Å². The lowest BCUT2D eigenvalue weighted by Gasteiger charge is -2.06. The normalized spacial score (nSPS) is 11.1. The molecule has 0 aliphatic heterocycles. The van der Waals surface area contributed by atoms with Gasteiger partial charge in [-0.3, -0.25) is 0 Å². The highest BCUT2D eigenvalue weighted by Gasteiger charge is 2.14. The van der Waals surface area contributed by atoms with Crippen molar-refractivity contribution < 1.29 is 18.7 Å². The van der Waals surface area contributed by atoms with Gasteiger partial charge in [-0.1, -0.05) is 13.0 Å². The Labute approximate surface area is 154 Å². The zero-order chi connectivity index (χ0) is 19.0. The Morgan fingerprint density at radius 2 is 1.74 bits per heavy atom. The first-order chi connectivity index (χ1) is 13.0. The van der Waals surface area contributed by atoms with E-state index in [-0.39, 0.29) is 5.56 Å². The molecule has 0 fully saturated rings. The number of carboxylic acid groups (broad SMARTS) is 1. The molecule has 0 spiro atoms. The van der Waals surface area contributed by atoms with Crippen molar-refractivity contribution in [3.8, 4) is 11.3 Å². The molecule has 0 amide bonds. The molecule has 2 heterocycles. The number of anilines is 1. The summed E-state index contributed by atoms with van der Waals surface area (Å²) < 4.78 is 11.2. The Balaban J connectivity index is 1.79. The fourth-order valence-corrected chi connectivity index (χ4v) is 2.96. The Morgan fingerprint density at radius 1 is 1.00 bits per heavy atom. The first kappa shape index (κ1) is 16.9. The molecule has 0 saturated carbocycles. The Bertz CT molecular complexity index is 1220. The molecular formula is C21H17NO5. The largest absolute Gasteiger partial charge is 0.478 e. The van der Waals surface area contributed by atoms with Crippen molar-refractivity contribution in [2.75, 3.05) is 11.9 Å². The van der Waals surface area contributed by atoms with Gasteiger partial charge in [-0.2, -0.15) is 0 Å². The van der Waals surface area contributed by atoms with E-state index in [0.29, 0.717) is 27.9 Å². The van der Waals surface area contributed by atoms with Crippen LogP contribution in [-0.4, -0.2) is 17.6 Å². The molecular weight excluding hydrogens is 346 g/mol. The number of aromatic carboxylic acids is 1. The Morgan fingerprint density at radius 3 is 2.52 bits per heavy atom. The van der Waals surface area contributed by atoms with Gasteiger partial charge in [0, 0.05) is 29.1 Å². The number of furan rings is 1. The molecule has 0 aliphatic rings. The van der Waals surface area contributed by atoms with E-state index in [9.17, 15) is 9.59 Å². The van der Waals surface area contributed by atoms with E-state index in [2.05, 4.69) is 12.2 Å². The van der Waals surface area contributed by atoms with Crippen LogP contribution in [0.4, 0.5) is 5.69 Å². The fraction of sp³-hybridized carbons (Fsp3) is 0.143. The van der Waals surface area contributed by atoms with Gasteiger partial charge in [0.1, 0.15) is 22.5 Å². The van der Waals surface area contributed by atoms with Crippen LogP contribution in [0.25, 0.3) is 33.3 Å². The van der Waals surface area contributed by atoms with Crippen molar-refractivity contribution in [1.82, 2.24) is 0 Å². The van der Waals surface area contributed by atoms with E-state index in [0.717, 1.165) is 24.0 Å². The summed E-state index contributed by atoms with van der Waals surface area (Å²) in [5.74, 6) is -0.691. The molecule has 136 valence electrons. The summed E-state index contributed by atoms with van der Waals surface area (Å²) in [6, 6.07) is 13.6. The van der Waals surface area contributed by atoms with E-state index >= 15 is 0 Å². The van der Waals surface area contributed by atoms with Gasteiger partial charge in [0.2, 0.25) is 0 Å². The van der Waals surface area contributed by atoms with Crippen LogP contribution in [0.3, 0.4) is 0 Å². The lowest BCUT2D eigenvalue weighted by molar-refractivity contribution is 0.0697. The molecule has 0 radical (unpaired) electrons. The van der Waals surface area contributed by atoms with E-state index in [4.69, 9.17) is 13.9 Å². The lowest BCUT2D eigenvalue weighted by atomic mass is 10.1. The maximum Gasteiger partial charge on any atom is 0.347 e. The average molecular weight is 363 g/mol. The minimum absolute atomic E-state index is 0.126. The number of carboxylic acids is 1. The number of benzene rings is 2. The number of hydrogen-bond donors (Lipinski definition) is 2. The minimum atomic E-state index is -1.03. The SMILES string of the molecule is CCCNc1ccc2cc(-c3cc4ccc(C(=O)O)cc4o3)c(=O)oc2c1. The molecule has 27 heavy (non-hydrogen) atoms. The molecule has 4 rings (SSSR count). The molecule has 6 nitrogen and oxygen atoms in total. The van der Waals surface area contributed by atoms with Crippen LogP contribution in [0, 0.1) is 0 Å². The first-order valence-electron chi connectivity index (χ1n) is 8.64. The molecule has 2 aromatic carbocycles. The van der Waals surface area contributed by atoms with Crippen LogP contribution in [0.15, 0.2) is 62.2 Å². The molecule has 0 aliphatic carbocycles. The van der Waals surface area contributed by atoms with Gasteiger partial charge in [0.25, 0.3) is 0 Å². The second kappa shape index (κ2) is 6.64. The number of rotatable bonds is 5.